The van der Waals surface area contributed by atoms with E-state index in [0.29, 0.717) is 6.42 Å². The number of rotatable bonds is 9. The molecule has 0 bridgehead atoms. The number of hydrogen-bond donors (Lipinski definition) is 1. The molecule has 0 unspecified atom stereocenters. The number of nitrogens with one attached hydrogen (secondary N) is 1. The van der Waals surface area contributed by atoms with Crippen LogP contribution in [0.1, 0.15) is 42.0 Å². The molecule has 0 fully saturated rings. The molecule has 0 radical (unpaired) electrons. The van der Waals surface area contributed by atoms with Gasteiger partial charge in [0.15, 0.2) is 0 Å². The van der Waals surface area contributed by atoms with Crippen LogP contribution >= 0.6 is 0 Å². The van der Waals surface area contributed by atoms with Crippen LogP contribution in [0.5, 0.6) is 0 Å². The highest BCUT2D eigenvalue weighted by atomic mass is 32.2. The molecule has 6 heteroatoms. The minimum absolute atomic E-state index is 0.188. The Kier molecular flexibility index (Phi) is 8.06. The number of hydrogen-bond acceptors (Lipinski definition) is 3. The van der Waals surface area contributed by atoms with Crippen LogP contribution in [0, 0.1) is 13.8 Å². The van der Waals surface area contributed by atoms with Gasteiger partial charge in [-0.2, -0.15) is 4.31 Å². The average molecular weight is 465 g/mol. The lowest BCUT2D eigenvalue weighted by atomic mass is 9.98. The number of para-hydroxylation sites is 1. The molecule has 5 nitrogen and oxygen atoms in total. The second-order valence-electron chi connectivity index (χ2n) is 8.63. The fourth-order valence-electron chi connectivity index (χ4n) is 3.72. The maximum atomic E-state index is 13.4. The highest BCUT2D eigenvalue weighted by Crippen LogP contribution is 2.27. The van der Waals surface area contributed by atoms with E-state index < -0.39 is 10.0 Å². The number of sulfonamides is 1. The molecular weight excluding hydrogens is 432 g/mol. The molecule has 0 saturated carbocycles. The Morgan fingerprint density at radius 1 is 0.909 bits per heavy atom. The SMILES string of the molecule is Cc1ccc(S(=O)(=O)N(CCc2ccccc2)CC(=O)Nc2c(C)cccc2C(C)C)cc1. The third kappa shape index (κ3) is 6.30. The number of benzene rings is 3. The molecule has 0 aliphatic heterocycles. The van der Waals surface area contributed by atoms with Crippen molar-refractivity contribution in [1.29, 1.82) is 0 Å². The Balaban J connectivity index is 1.86. The van der Waals surface area contributed by atoms with Gasteiger partial charge >= 0.3 is 0 Å². The van der Waals surface area contributed by atoms with E-state index in [0.717, 1.165) is 27.9 Å². The van der Waals surface area contributed by atoms with E-state index in [1.807, 2.05) is 62.4 Å². The van der Waals surface area contributed by atoms with E-state index in [9.17, 15) is 13.2 Å². The third-order valence-corrected chi connectivity index (χ3v) is 7.52. The molecule has 1 N–H and O–H groups in total. The molecule has 3 aromatic carbocycles. The summed E-state index contributed by atoms with van der Waals surface area (Å²) in [5.74, 6) is -0.124. The lowest BCUT2D eigenvalue weighted by Gasteiger charge is -2.23. The zero-order valence-corrected chi connectivity index (χ0v) is 20.5. The van der Waals surface area contributed by atoms with Crippen LogP contribution in [-0.2, 0) is 21.2 Å². The minimum Gasteiger partial charge on any atom is -0.324 e. The molecule has 0 spiro atoms. The highest BCUT2D eigenvalue weighted by Gasteiger charge is 2.27. The Morgan fingerprint density at radius 3 is 2.21 bits per heavy atom. The van der Waals surface area contributed by atoms with Gasteiger partial charge in [-0.05, 0) is 55.0 Å². The summed E-state index contributed by atoms with van der Waals surface area (Å²) in [5.41, 5.74) is 4.73. The summed E-state index contributed by atoms with van der Waals surface area (Å²) in [6, 6.07) is 22.3. The van der Waals surface area contributed by atoms with Crippen LogP contribution in [0.2, 0.25) is 0 Å². The third-order valence-electron chi connectivity index (χ3n) is 5.66. The van der Waals surface area contributed by atoms with Crippen molar-refractivity contribution in [3.05, 3.63) is 95.1 Å². The maximum absolute atomic E-state index is 13.4. The Morgan fingerprint density at radius 2 is 1.58 bits per heavy atom. The number of aryl methyl sites for hydroxylation is 2. The molecule has 0 aliphatic carbocycles. The van der Waals surface area contributed by atoms with E-state index in [4.69, 9.17) is 0 Å². The fraction of sp³-hybridized carbons (Fsp3) is 0.296. The minimum atomic E-state index is -3.84. The summed E-state index contributed by atoms with van der Waals surface area (Å²) in [7, 11) is -3.84. The molecule has 0 aliphatic rings. The second-order valence-corrected chi connectivity index (χ2v) is 10.6. The van der Waals surface area contributed by atoms with Crippen LogP contribution < -0.4 is 5.32 Å². The largest absolute Gasteiger partial charge is 0.324 e. The predicted molar refractivity (Wildman–Crippen MR) is 134 cm³/mol. The molecule has 174 valence electrons. The molecule has 1 amide bonds. The van der Waals surface area contributed by atoms with Gasteiger partial charge in [-0.15, -0.1) is 0 Å². The van der Waals surface area contributed by atoms with Gasteiger partial charge in [-0.1, -0.05) is 80.1 Å². The Labute approximate surface area is 197 Å². The first-order valence-electron chi connectivity index (χ1n) is 11.2. The monoisotopic (exact) mass is 464 g/mol. The maximum Gasteiger partial charge on any atom is 0.243 e. The summed E-state index contributed by atoms with van der Waals surface area (Å²) in [6.45, 7) is 7.94. The molecule has 0 aromatic heterocycles. The van der Waals surface area contributed by atoms with Crippen molar-refractivity contribution in [3.8, 4) is 0 Å². The topological polar surface area (TPSA) is 66.5 Å². The van der Waals surface area contributed by atoms with Gasteiger partial charge < -0.3 is 5.32 Å². The summed E-state index contributed by atoms with van der Waals surface area (Å²) < 4.78 is 28.2. The molecule has 0 saturated heterocycles. The quantitative estimate of drug-likeness (QED) is 0.467. The van der Waals surface area contributed by atoms with Gasteiger partial charge in [-0.3, -0.25) is 4.79 Å². The number of carbonyl (C=O) groups excluding carboxylic acids is 1. The van der Waals surface area contributed by atoms with Gasteiger partial charge in [0.05, 0.1) is 11.4 Å². The predicted octanol–water partition coefficient (Wildman–Crippen LogP) is 5.30. The zero-order valence-electron chi connectivity index (χ0n) is 19.7. The van der Waals surface area contributed by atoms with Crippen molar-refractivity contribution in [3.63, 3.8) is 0 Å². The van der Waals surface area contributed by atoms with Crippen molar-refractivity contribution in [2.75, 3.05) is 18.4 Å². The molecule has 3 rings (SSSR count). The molecular formula is C27H32N2O3S. The van der Waals surface area contributed by atoms with Crippen molar-refractivity contribution in [2.24, 2.45) is 0 Å². The molecule has 0 atom stereocenters. The first kappa shape index (κ1) is 24.7. The number of anilines is 1. The van der Waals surface area contributed by atoms with Crippen LogP contribution in [0.4, 0.5) is 5.69 Å². The zero-order chi connectivity index (χ0) is 24.0. The van der Waals surface area contributed by atoms with Gasteiger partial charge in [-0.25, -0.2) is 8.42 Å². The van der Waals surface area contributed by atoms with Gasteiger partial charge in [0.25, 0.3) is 0 Å². The average Bonchev–Trinajstić information content (AvgIpc) is 2.78. The number of carbonyl (C=O) groups is 1. The van der Waals surface area contributed by atoms with E-state index in [1.165, 1.54) is 4.31 Å². The fourth-order valence-corrected chi connectivity index (χ4v) is 5.12. The van der Waals surface area contributed by atoms with Gasteiger partial charge in [0.1, 0.15) is 0 Å². The number of amides is 1. The molecule has 3 aromatic rings. The second kappa shape index (κ2) is 10.8. The van der Waals surface area contributed by atoms with E-state index in [2.05, 4.69) is 19.2 Å². The van der Waals surface area contributed by atoms with E-state index in [1.54, 1.807) is 24.3 Å². The molecule has 0 heterocycles. The van der Waals surface area contributed by atoms with Crippen molar-refractivity contribution in [2.45, 2.75) is 44.9 Å². The smallest absolute Gasteiger partial charge is 0.243 e. The first-order chi connectivity index (χ1) is 15.7. The lowest BCUT2D eigenvalue weighted by Crippen LogP contribution is -2.39. The van der Waals surface area contributed by atoms with Crippen LogP contribution in [0.25, 0.3) is 0 Å². The van der Waals surface area contributed by atoms with Crippen LogP contribution in [0.3, 0.4) is 0 Å². The normalized spacial score (nSPS) is 11.7. The lowest BCUT2D eigenvalue weighted by molar-refractivity contribution is -0.116. The van der Waals surface area contributed by atoms with E-state index >= 15 is 0 Å². The van der Waals surface area contributed by atoms with Crippen LogP contribution in [-0.4, -0.2) is 31.7 Å². The van der Waals surface area contributed by atoms with Crippen molar-refractivity contribution < 1.29 is 13.2 Å². The Hall–Kier alpha value is -2.96. The standard InChI is InChI=1S/C27H32N2O3S/c1-20(2)25-12-8-9-22(4)27(25)28-26(30)19-29(18-17-23-10-6-5-7-11-23)33(31,32)24-15-13-21(3)14-16-24/h5-16,20H,17-19H2,1-4H3,(H,28,30). The summed E-state index contributed by atoms with van der Waals surface area (Å²) in [6.07, 6.45) is 0.515. The van der Waals surface area contributed by atoms with Gasteiger partial charge in [0.2, 0.25) is 15.9 Å². The van der Waals surface area contributed by atoms with E-state index in [-0.39, 0.29) is 29.8 Å². The van der Waals surface area contributed by atoms with Crippen molar-refractivity contribution in [1.82, 2.24) is 4.31 Å². The van der Waals surface area contributed by atoms with Gasteiger partial charge in [0, 0.05) is 12.2 Å². The summed E-state index contributed by atoms with van der Waals surface area (Å²) in [4.78, 5) is 13.3. The van der Waals surface area contributed by atoms with Crippen LogP contribution in [0.15, 0.2) is 77.7 Å². The summed E-state index contributed by atoms with van der Waals surface area (Å²) in [5, 5.41) is 2.98. The number of nitrogens with zero attached hydrogens (tertiary/aromatic N) is 1. The Bertz CT molecular complexity index is 1190. The summed E-state index contributed by atoms with van der Waals surface area (Å²) >= 11 is 0. The molecule has 33 heavy (non-hydrogen) atoms. The van der Waals surface area contributed by atoms with Crippen molar-refractivity contribution >= 4 is 21.6 Å². The first-order valence-corrected chi connectivity index (χ1v) is 12.6. The highest BCUT2D eigenvalue weighted by molar-refractivity contribution is 7.89.